The fourth-order valence-electron chi connectivity index (χ4n) is 3.63. The van der Waals surface area contributed by atoms with Crippen LogP contribution in [-0.2, 0) is 11.3 Å². The zero-order valence-corrected chi connectivity index (χ0v) is 15.8. The fraction of sp³-hybridized carbons (Fsp3) is 0.318. The predicted octanol–water partition coefficient (Wildman–Crippen LogP) is 3.05. The van der Waals surface area contributed by atoms with Gasteiger partial charge in [-0.05, 0) is 55.7 Å². The first-order valence-electron chi connectivity index (χ1n) is 9.49. The lowest BCUT2D eigenvalue weighted by molar-refractivity contribution is -0.121. The number of amides is 2. The standard InChI is InChI=1S/C22H22N2O4/c1-15(25)18-8-9-20-19(12-18)24(21(26)14-28-20)13-16-4-6-17(7-5-16)22(27)23-10-2-3-11-23/h4-9,12H,2-3,10-11,13-14H2,1H3. The van der Waals surface area contributed by atoms with Gasteiger partial charge < -0.3 is 14.5 Å². The maximum absolute atomic E-state index is 12.5. The van der Waals surface area contributed by atoms with Crippen molar-refractivity contribution in [3.05, 3.63) is 59.2 Å². The number of hydrogen-bond acceptors (Lipinski definition) is 4. The molecule has 2 heterocycles. The van der Waals surface area contributed by atoms with Crippen LogP contribution in [0.5, 0.6) is 5.75 Å². The van der Waals surface area contributed by atoms with Crippen LogP contribution >= 0.6 is 0 Å². The number of ether oxygens (including phenoxy) is 1. The summed E-state index contributed by atoms with van der Waals surface area (Å²) in [5, 5.41) is 0. The Balaban J connectivity index is 1.55. The molecule has 0 radical (unpaired) electrons. The lowest BCUT2D eigenvalue weighted by Gasteiger charge is -2.30. The second-order valence-electron chi connectivity index (χ2n) is 7.20. The van der Waals surface area contributed by atoms with Gasteiger partial charge in [0.2, 0.25) is 0 Å². The van der Waals surface area contributed by atoms with E-state index in [0.29, 0.717) is 29.1 Å². The molecule has 0 N–H and O–H groups in total. The summed E-state index contributed by atoms with van der Waals surface area (Å²) in [7, 11) is 0. The predicted molar refractivity (Wildman–Crippen MR) is 105 cm³/mol. The zero-order chi connectivity index (χ0) is 19.7. The summed E-state index contributed by atoms with van der Waals surface area (Å²) in [6.45, 7) is 3.45. The van der Waals surface area contributed by atoms with Crippen molar-refractivity contribution in [1.29, 1.82) is 0 Å². The van der Waals surface area contributed by atoms with Crippen molar-refractivity contribution in [2.24, 2.45) is 0 Å². The van der Waals surface area contributed by atoms with E-state index in [-0.39, 0.29) is 24.2 Å². The monoisotopic (exact) mass is 378 g/mol. The minimum absolute atomic E-state index is 0.0298. The molecule has 0 saturated carbocycles. The molecule has 0 atom stereocenters. The van der Waals surface area contributed by atoms with Crippen molar-refractivity contribution in [3.63, 3.8) is 0 Å². The van der Waals surface area contributed by atoms with Crippen molar-refractivity contribution < 1.29 is 19.1 Å². The molecule has 1 saturated heterocycles. The van der Waals surface area contributed by atoms with Crippen LogP contribution in [-0.4, -0.2) is 42.2 Å². The molecule has 0 aromatic heterocycles. The van der Waals surface area contributed by atoms with Crippen LogP contribution in [0, 0.1) is 0 Å². The number of hydrogen-bond donors (Lipinski definition) is 0. The first-order valence-corrected chi connectivity index (χ1v) is 9.49. The highest BCUT2D eigenvalue weighted by molar-refractivity contribution is 6.01. The number of anilines is 1. The van der Waals surface area contributed by atoms with Crippen LogP contribution in [0.15, 0.2) is 42.5 Å². The SMILES string of the molecule is CC(=O)c1ccc2c(c1)N(Cc1ccc(C(=O)N3CCCC3)cc1)C(=O)CO2. The van der Waals surface area contributed by atoms with Crippen molar-refractivity contribution in [3.8, 4) is 5.75 Å². The first kappa shape index (κ1) is 18.2. The van der Waals surface area contributed by atoms with Crippen LogP contribution in [0.25, 0.3) is 0 Å². The summed E-state index contributed by atoms with van der Waals surface area (Å²) in [6.07, 6.45) is 2.12. The lowest BCUT2D eigenvalue weighted by Crippen LogP contribution is -2.38. The number of ketones is 1. The Labute approximate surface area is 163 Å². The molecular weight excluding hydrogens is 356 g/mol. The third-order valence-electron chi connectivity index (χ3n) is 5.24. The molecule has 6 nitrogen and oxygen atoms in total. The van der Waals surface area contributed by atoms with E-state index in [2.05, 4.69) is 0 Å². The number of rotatable bonds is 4. The number of Topliss-reactive ketones (excluding diaryl/α,β-unsaturated/α-hetero) is 1. The second-order valence-corrected chi connectivity index (χ2v) is 7.20. The van der Waals surface area contributed by atoms with E-state index >= 15 is 0 Å². The average Bonchev–Trinajstić information content (AvgIpc) is 3.24. The average molecular weight is 378 g/mol. The smallest absolute Gasteiger partial charge is 0.265 e. The Morgan fingerprint density at radius 3 is 2.36 bits per heavy atom. The Morgan fingerprint density at radius 1 is 1.00 bits per heavy atom. The highest BCUT2D eigenvalue weighted by Crippen LogP contribution is 2.34. The Hall–Kier alpha value is -3.15. The van der Waals surface area contributed by atoms with Crippen LogP contribution < -0.4 is 9.64 Å². The number of carbonyl (C=O) groups excluding carboxylic acids is 3. The van der Waals surface area contributed by atoms with Crippen LogP contribution in [0.2, 0.25) is 0 Å². The van der Waals surface area contributed by atoms with E-state index in [1.165, 1.54) is 6.92 Å². The number of likely N-dealkylation sites (tertiary alicyclic amines) is 1. The van der Waals surface area contributed by atoms with E-state index in [0.717, 1.165) is 31.5 Å². The summed E-state index contributed by atoms with van der Waals surface area (Å²) in [4.78, 5) is 40.1. The fourth-order valence-corrected chi connectivity index (χ4v) is 3.63. The molecule has 2 aromatic rings. The molecule has 0 spiro atoms. The zero-order valence-electron chi connectivity index (χ0n) is 15.8. The molecule has 4 rings (SSSR count). The largest absolute Gasteiger partial charge is 0.482 e. The van der Waals surface area contributed by atoms with Gasteiger partial charge in [0.1, 0.15) is 5.75 Å². The first-order chi connectivity index (χ1) is 13.5. The summed E-state index contributed by atoms with van der Waals surface area (Å²) in [5.74, 6) is 0.421. The summed E-state index contributed by atoms with van der Waals surface area (Å²) >= 11 is 0. The maximum atomic E-state index is 12.5. The van der Waals surface area contributed by atoms with E-state index in [4.69, 9.17) is 4.74 Å². The van der Waals surface area contributed by atoms with Gasteiger partial charge >= 0.3 is 0 Å². The van der Waals surface area contributed by atoms with Gasteiger partial charge in [-0.3, -0.25) is 14.4 Å². The Bertz CT molecular complexity index is 930. The minimum atomic E-state index is -0.162. The molecule has 2 aliphatic heterocycles. The number of fused-ring (bicyclic) bond motifs is 1. The summed E-state index contributed by atoms with van der Waals surface area (Å²) in [6, 6.07) is 12.5. The molecule has 0 bridgehead atoms. The minimum Gasteiger partial charge on any atom is -0.482 e. The number of benzene rings is 2. The Morgan fingerprint density at radius 2 is 1.68 bits per heavy atom. The normalized spacial score (nSPS) is 16.0. The molecule has 0 unspecified atom stereocenters. The highest BCUT2D eigenvalue weighted by atomic mass is 16.5. The van der Waals surface area contributed by atoms with Crippen LogP contribution in [0.1, 0.15) is 46.0 Å². The maximum Gasteiger partial charge on any atom is 0.265 e. The molecule has 2 aromatic carbocycles. The number of carbonyl (C=O) groups is 3. The van der Waals surface area contributed by atoms with E-state index in [1.807, 2.05) is 29.2 Å². The van der Waals surface area contributed by atoms with Gasteiger partial charge in [-0.2, -0.15) is 0 Å². The third kappa shape index (κ3) is 3.50. The van der Waals surface area contributed by atoms with Gasteiger partial charge in [-0.1, -0.05) is 12.1 Å². The molecule has 2 aliphatic rings. The van der Waals surface area contributed by atoms with Crippen LogP contribution in [0.3, 0.4) is 0 Å². The second kappa shape index (κ2) is 7.46. The summed E-state index contributed by atoms with van der Waals surface area (Å²) in [5.41, 5.74) is 2.71. The van der Waals surface area contributed by atoms with Gasteiger partial charge in [0.25, 0.3) is 11.8 Å². The molecule has 6 heteroatoms. The van der Waals surface area contributed by atoms with Crippen molar-refractivity contribution in [1.82, 2.24) is 4.90 Å². The van der Waals surface area contributed by atoms with E-state index in [9.17, 15) is 14.4 Å². The van der Waals surface area contributed by atoms with Gasteiger partial charge in [0, 0.05) is 24.2 Å². The van der Waals surface area contributed by atoms with E-state index in [1.54, 1.807) is 23.1 Å². The summed E-state index contributed by atoms with van der Waals surface area (Å²) < 4.78 is 5.49. The van der Waals surface area contributed by atoms with E-state index < -0.39 is 0 Å². The lowest BCUT2D eigenvalue weighted by atomic mass is 10.1. The molecule has 0 aliphatic carbocycles. The molecule has 1 fully saturated rings. The molecular formula is C22H22N2O4. The van der Waals surface area contributed by atoms with Gasteiger partial charge in [0.05, 0.1) is 12.2 Å². The van der Waals surface area contributed by atoms with Gasteiger partial charge in [-0.15, -0.1) is 0 Å². The van der Waals surface area contributed by atoms with Gasteiger partial charge in [-0.25, -0.2) is 0 Å². The quantitative estimate of drug-likeness (QED) is 0.767. The molecule has 144 valence electrons. The van der Waals surface area contributed by atoms with Crippen molar-refractivity contribution >= 4 is 23.3 Å². The Kier molecular flexibility index (Phi) is 4.86. The molecule has 28 heavy (non-hydrogen) atoms. The van der Waals surface area contributed by atoms with Crippen molar-refractivity contribution in [2.45, 2.75) is 26.3 Å². The molecule has 2 amide bonds. The van der Waals surface area contributed by atoms with Crippen LogP contribution in [0.4, 0.5) is 5.69 Å². The number of nitrogens with zero attached hydrogens (tertiary/aromatic N) is 2. The highest BCUT2D eigenvalue weighted by Gasteiger charge is 2.26. The topological polar surface area (TPSA) is 66.9 Å². The van der Waals surface area contributed by atoms with Gasteiger partial charge in [0.15, 0.2) is 12.4 Å². The third-order valence-corrected chi connectivity index (χ3v) is 5.24. The van der Waals surface area contributed by atoms with Crippen molar-refractivity contribution in [2.75, 3.05) is 24.6 Å².